The third kappa shape index (κ3) is 4.69. The van der Waals surface area contributed by atoms with E-state index in [4.69, 9.17) is 14.9 Å². The van der Waals surface area contributed by atoms with E-state index < -0.39 is 18.0 Å². The van der Waals surface area contributed by atoms with E-state index in [-0.39, 0.29) is 24.3 Å². The number of carboxylic acids is 1. The lowest BCUT2D eigenvalue weighted by Crippen LogP contribution is -2.20. The van der Waals surface area contributed by atoms with Crippen LogP contribution in [0.1, 0.15) is 33.6 Å². The largest absolute Gasteiger partial charge is 0.478 e. The average molecular weight is 268 g/mol. The monoisotopic (exact) mass is 268 g/mol. The Hall–Kier alpha value is -1.92. The molecule has 0 aliphatic carbocycles. The highest BCUT2D eigenvalue weighted by atomic mass is 16.5. The predicted molar refractivity (Wildman–Crippen MR) is 66.0 cm³/mol. The molecule has 0 aliphatic heterocycles. The third-order valence-electron chi connectivity index (χ3n) is 2.48. The average Bonchev–Trinajstić information content (AvgIpc) is 2.42. The molecule has 0 aromatic heterocycles. The predicted octanol–water partition coefficient (Wildman–Crippen LogP) is 0.675. The number of aliphatic hydroxyl groups excluding tert-OH is 2. The van der Waals surface area contributed by atoms with Crippen molar-refractivity contribution >= 4 is 11.9 Å². The molecule has 0 saturated carbocycles. The zero-order valence-corrected chi connectivity index (χ0v) is 10.3. The van der Waals surface area contributed by atoms with Crippen molar-refractivity contribution in [3.63, 3.8) is 0 Å². The summed E-state index contributed by atoms with van der Waals surface area (Å²) in [5, 5.41) is 27.0. The molecule has 104 valence electrons. The molecule has 6 heteroatoms. The summed E-state index contributed by atoms with van der Waals surface area (Å²) in [6, 6.07) is 5.70. The lowest BCUT2D eigenvalue weighted by atomic mass is 10.1. The van der Waals surface area contributed by atoms with Crippen LogP contribution in [0.25, 0.3) is 0 Å². The third-order valence-corrected chi connectivity index (χ3v) is 2.48. The minimum Gasteiger partial charge on any atom is -0.478 e. The standard InChI is InChI=1S/C13H16O6/c14-7-3-4-9(15)8-19-13(18)11-6-2-1-5-10(11)12(16)17/h1-2,5-6,9,14-15H,3-4,7-8H2,(H,16,17). The molecule has 0 saturated heterocycles. The van der Waals surface area contributed by atoms with E-state index >= 15 is 0 Å². The van der Waals surface area contributed by atoms with E-state index in [0.717, 1.165) is 0 Å². The molecule has 0 amide bonds. The smallest absolute Gasteiger partial charge is 0.339 e. The van der Waals surface area contributed by atoms with Gasteiger partial charge in [-0.05, 0) is 25.0 Å². The molecule has 1 atom stereocenters. The van der Waals surface area contributed by atoms with Gasteiger partial charge in [0.05, 0.1) is 17.2 Å². The molecule has 0 spiro atoms. The number of rotatable bonds is 7. The van der Waals surface area contributed by atoms with E-state index in [1.54, 1.807) is 0 Å². The summed E-state index contributed by atoms with van der Waals surface area (Å²) in [4.78, 5) is 22.6. The van der Waals surface area contributed by atoms with Crippen molar-refractivity contribution in [2.45, 2.75) is 18.9 Å². The fraction of sp³-hybridized carbons (Fsp3) is 0.385. The molecule has 0 heterocycles. The Labute approximate surface area is 110 Å². The SMILES string of the molecule is O=C(O)c1ccccc1C(=O)OCC(O)CCCO. The van der Waals surface area contributed by atoms with Gasteiger partial charge in [0.25, 0.3) is 0 Å². The van der Waals surface area contributed by atoms with Gasteiger partial charge < -0.3 is 20.1 Å². The second-order valence-corrected chi connectivity index (χ2v) is 3.97. The number of aliphatic hydroxyl groups is 2. The van der Waals surface area contributed by atoms with E-state index in [1.165, 1.54) is 24.3 Å². The normalized spacial score (nSPS) is 11.9. The van der Waals surface area contributed by atoms with Crippen molar-refractivity contribution in [2.24, 2.45) is 0 Å². The van der Waals surface area contributed by atoms with Gasteiger partial charge in [0.1, 0.15) is 6.61 Å². The van der Waals surface area contributed by atoms with Crippen molar-refractivity contribution in [1.29, 1.82) is 0 Å². The Bertz CT molecular complexity index is 443. The van der Waals surface area contributed by atoms with E-state index in [1.807, 2.05) is 0 Å². The lowest BCUT2D eigenvalue weighted by Gasteiger charge is -2.11. The van der Waals surface area contributed by atoms with Gasteiger partial charge in [-0.2, -0.15) is 0 Å². The molecule has 1 unspecified atom stereocenters. The number of ether oxygens (including phenoxy) is 1. The fourth-order valence-electron chi connectivity index (χ4n) is 1.51. The van der Waals surface area contributed by atoms with Crippen molar-refractivity contribution in [2.75, 3.05) is 13.2 Å². The van der Waals surface area contributed by atoms with Crippen LogP contribution in [0, 0.1) is 0 Å². The van der Waals surface area contributed by atoms with Gasteiger partial charge >= 0.3 is 11.9 Å². The summed E-state index contributed by atoms with van der Waals surface area (Å²) >= 11 is 0. The molecule has 0 bridgehead atoms. The first kappa shape index (κ1) is 15.1. The molecule has 1 aromatic rings. The number of aromatic carboxylic acids is 1. The van der Waals surface area contributed by atoms with Gasteiger partial charge in [0.15, 0.2) is 0 Å². The molecule has 0 fully saturated rings. The molecular formula is C13H16O6. The zero-order chi connectivity index (χ0) is 14.3. The number of esters is 1. The minimum atomic E-state index is -1.21. The van der Waals surface area contributed by atoms with Crippen LogP contribution in [0.4, 0.5) is 0 Å². The fourth-order valence-corrected chi connectivity index (χ4v) is 1.51. The summed E-state index contributed by atoms with van der Waals surface area (Å²) in [6.07, 6.45) is -0.150. The molecular weight excluding hydrogens is 252 g/mol. The summed E-state index contributed by atoms with van der Waals surface area (Å²) in [7, 11) is 0. The van der Waals surface area contributed by atoms with Crippen LogP contribution in [-0.2, 0) is 4.74 Å². The molecule has 19 heavy (non-hydrogen) atoms. The molecule has 0 aliphatic rings. The van der Waals surface area contributed by atoms with E-state index in [0.29, 0.717) is 12.8 Å². The molecule has 0 radical (unpaired) electrons. The van der Waals surface area contributed by atoms with Crippen LogP contribution in [0.5, 0.6) is 0 Å². The molecule has 6 nitrogen and oxygen atoms in total. The van der Waals surface area contributed by atoms with Gasteiger partial charge in [0, 0.05) is 6.61 Å². The molecule has 1 aromatic carbocycles. The second kappa shape index (κ2) is 7.50. The highest BCUT2D eigenvalue weighted by Crippen LogP contribution is 2.11. The Kier molecular flexibility index (Phi) is 5.98. The maximum Gasteiger partial charge on any atom is 0.339 e. The van der Waals surface area contributed by atoms with E-state index in [9.17, 15) is 14.7 Å². The van der Waals surface area contributed by atoms with Gasteiger partial charge in [-0.1, -0.05) is 12.1 Å². The Morgan fingerprint density at radius 2 is 1.84 bits per heavy atom. The second-order valence-electron chi connectivity index (χ2n) is 3.97. The van der Waals surface area contributed by atoms with Gasteiger partial charge in [-0.25, -0.2) is 9.59 Å². The maximum absolute atomic E-state index is 11.7. The highest BCUT2D eigenvalue weighted by molar-refractivity contribution is 6.02. The number of hydrogen-bond acceptors (Lipinski definition) is 5. The van der Waals surface area contributed by atoms with Crippen molar-refractivity contribution in [3.05, 3.63) is 35.4 Å². The van der Waals surface area contributed by atoms with Crippen molar-refractivity contribution in [3.8, 4) is 0 Å². The number of benzene rings is 1. The zero-order valence-electron chi connectivity index (χ0n) is 10.3. The number of carbonyl (C=O) groups excluding carboxylic acids is 1. The highest BCUT2D eigenvalue weighted by Gasteiger charge is 2.17. The van der Waals surface area contributed by atoms with Crippen LogP contribution in [0.3, 0.4) is 0 Å². The van der Waals surface area contributed by atoms with Crippen LogP contribution in [0.15, 0.2) is 24.3 Å². The topological polar surface area (TPSA) is 104 Å². The molecule has 1 rings (SSSR count). The Balaban J connectivity index is 2.61. The molecule has 3 N–H and O–H groups in total. The van der Waals surface area contributed by atoms with Gasteiger partial charge in [0.2, 0.25) is 0 Å². The Morgan fingerprint density at radius 3 is 2.42 bits per heavy atom. The maximum atomic E-state index is 11.7. The van der Waals surface area contributed by atoms with Crippen LogP contribution < -0.4 is 0 Å². The van der Waals surface area contributed by atoms with E-state index in [2.05, 4.69) is 0 Å². The van der Waals surface area contributed by atoms with Crippen LogP contribution in [-0.4, -0.2) is 46.6 Å². The first-order chi connectivity index (χ1) is 9.06. The lowest BCUT2D eigenvalue weighted by molar-refractivity contribution is 0.0221. The summed E-state index contributed by atoms with van der Waals surface area (Å²) in [5.74, 6) is -2.01. The summed E-state index contributed by atoms with van der Waals surface area (Å²) in [6.45, 7) is -0.278. The van der Waals surface area contributed by atoms with Crippen LogP contribution in [0.2, 0.25) is 0 Å². The summed E-state index contributed by atoms with van der Waals surface area (Å²) in [5.41, 5.74) is -0.193. The minimum absolute atomic E-state index is 0.0488. The number of carbonyl (C=O) groups is 2. The first-order valence-corrected chi connectivity index (χ1v) is 5.84. The van der Waals surface area contributed by atoms with Gasteiger partial charge in [-0.15, -0.1) is 0 Å². The quantitative estimate of drug-likeness (QED) is 0.628. The van der Waals surface area contributed by atoms with Gasteiger partial charge in [-0.3, -0.25) is 0 Å². The number of carboxylic acid groups (broad SMARTS) is 1. The van der Waals surface area contributed by atoms with Crippen LogP contribution >= 0.6 is 0 Å². The number of hydrogen-bond donors (Lipinski definition) is 3. The van der Waals surface area contributed by atoms with Crippen molar-refractivity contribution < 1.29 is 29.6 Å². The Morgan fingerprint density at radius 1 is 1.21 bits per heavy atom. The van der Waals surface area contributed by atoms with Crippen molar-refractivity contribution in [1.82, 2.24) is 0 Å². The first-order valence-electron chi connectivity index (χ1n) is 5.84. The summed E-state index contributed by atoms with van der Waals surface area (Å²) < 4.78 is 4.84.